The zero-order valence-corrected chi connectivity index (χ0v) is 15.0. The van der Waals surface area contributed by atoms with Crippen molar-refractivity contribution in [2.24, 2.45) is 0 Å². The summed E-state index contributed by atoms with van der Waals surface area (Å²) < 4.78 is 45.8. The average Bonchev–Trinajstić information content (AvgIpc) is 3.29. The van der Waals surface area contributed by atoms with Crippen molar-refractivity contribution in [3.05, 3.63) is 48.0 Å². The number of aliphatic hydroxyl groups excluding tert-OH is 2. The monoisotopic (exact) mass is 409 g/mol. The summed E-state index contributed by atoms with van der Waals surface area (Å²) >= 11 is 0. The van der Waals surface area contributed by atoms with Gasteiger partial charge in [0.2, 0.25) is 0 Å². The molecule has 11 heteroatoms. The molecule has 0 radical (unpaired) electrons. The molecular weight excluding hydrogens is 391 g/mol. The van der Waals surface area contributed by atoms with E-state index >= 15 is 0 Å². The third kappa shape index (κ3) is 3.88. The number of nitrogens with zero attached hydrogens (tertiary/aromatic N) is 4. The largest absolute Gasteiger partial charge is 0.416 e. The first-order valence-corrected chi connectivity index (χ1v) is 8.88. The quantitative estimate of drug-likeness (QED) is 0.593. The third-order valence-electron chi connectivity index (χ3n) is 4.72. The van der Waals surface area contributed by atoms with E-state index in [1.54, 1.807) is 10.6 Å². The number of anilines is 1. The normalized spacial score (nSPS) is 22.3. The van der Waals surface area contributed by atoms with Crippen LogP contribution < -0.4 is 5.32 Å². The van der Waals surface area contributed by atoms with E-state index < -0.39 is 30.2 Å². The molecular formula is C18H18F3N5O3. The molecule has 3 atom stereocenters. The van der Waals surface area contributed by atoms with Gasteiger partial charge in [0.25, 0.3) is 0 Å². The lowest BCUT2D eigenvalue weighted by Crippen LogP contribution is -2.19. The third-order valence-corrected chi connectivity index (χ3v) is 4.72. The molecule has 0 bridgehead atoms. The predicted molar refractivity (Wildman–Crippen MR) is 95.7 cm³/mol. The van der Waals surface area contributed by atoms with Crippen LogP contribution >= 0.6 is 0 Å². The Labute approximate surface area is 163 Å². The van der Waals surface area contributed by atoms with Crippen molar-refractivity contribution in [3.63, 3.8) is 0 Å². The summed E-state index contributed by atoms with van der Waals surface area (Å²) in [6.07, 6.45) is -3.45. The Kier molecular flexibility index (Phi) is 5.11. The molecule has 1 aliphatic rings. The summed E-state index contributed by atoms with van der Waals surface area (Å²) in [7, 11) is 0. The zero-order valence-electron chi connectivity index (χ0n) is 15.0. The van der Waals surface area contributed by atoms with E-state index in [2.05, 4.69) is 20.3 Å². The Hall–Kier alpha value is -2.76. The maximum Gasteiger partial charge on any atom is 0.416 e. The van der Waals surface area contributed by atoms with Gasteiger partial charge in [-0.15, -0.1) is 0 Å². The summed E-state index contributed by atoms with van der Waals surface area (Å²) in [5.74, 6) is 0.345. The zero-order chi connectivity index (χ0) is 20.6. The lowest BCUT2D eigenvalue weighted by Gasteiger charge is -2.16. The second-order valence-corrected chi connectivity index (χ2v) is 6.73. The van der Waals surface area contributed by atoms with E-state index in [-0.39, 0.29) is 19.6 Å². The van der Waals surface area contributed by atoms with E-state index in [1.807, 2.05) is 0 Å². The summed E-state index contributed by atoms with van der Waals surface area (Å²) in [4.78, 5) is 12.6. The van der Waals surface area contributed by atoms with Crippen LogP contribution in [0.3, 0.4) is 0 Å². The predicted octanol–water partition coefficient (Wildman–Crippen LogP) is 2.10. The minimum Gasteiger partial charge on any atom is -0.394 e. The van der Waals surface area contributed by atoms with Crippen molar-refractivity contribution < 1.29 is 28.1 Å². The molecule has 8 nitrogen and oxygen atoms in total. The number of halogens is 3. The van der Waals surface area contributed by atoms with Crippen molar-refractivity contribution in [2.45, 2.75) is 37.6 Å². The Morgan fingerprint density at radius 2 is 2.07 bits per heavy atom. The van der Waals surface area contributed by atoms with E-state index in [9.17, 15) is 23.4 Å². The second kappa shape index (κ2) is 7.58. The van der Waals surface area contributed by atoms with Gasteiger partial charge >= 0.3 is 6.18 Å². The van der Waals surface area contributed by atoms with Crippen molar-refractivity contribution >= 4 is 17.0 Å². The van der Waals surface area contributed by atoms with Crippen molar-refractivity contribution in [3.8, 4) is 0 Å². The molecule has 3 aromatic rings. The molecule has 1 aromatic carbocycles. The summed E-state index contributed by atoms with van der Waals surface area (Å²) in [6.45, 7) is -0.100. The first kappa shape index (κ1) is 19.6. The topological polar surface area (TPSA) is 105 Å². The van der Waals surface area contributed by atoms with Crippen LogP contribution in [0.2, 0.25) is 0 Å². The highest BCUT2D eigenvalue weighted by Crippen LogP contribution is 2.32. The number of imidazole rings is 1. The first-order valence-electron chi connectivity index (χ1n) is 8.88. The van der Waals surface area contributed by atoms with Crippen LogP contribution in [0.5, 0.6) is 0 Å². The molecule has 2 aromatic heterocycles. The number of ether oxygens (including phenoxy) is 1. The van der Waals surface area contributed by atoms with Crippen LogP contribution in [0.4, 0.5) is 19.0 Å². The van der Waals surface area contributed by atoms with Gasteiger partial charge in [-0.05, 0) is 17.7 Å². The summed E-state index contributed by atoms with van der Waals surface area (Å²) in [6, 6.07) is 5.01. The van der Waals surface area contributed by atoms with Crippen molar-refractivity contribution in [1.29, 1.82) is 0 Å². The van der Waals surface area contributed by atoms with E-state index in [1.165, 1.54) is 18.7 Å². The molecule has 0 spiro atoms. The first-order chi connectivity index (χ1) is 13.9. The highest BCUT2D eigenvalue weighted by Gasteiger charge is 2.36. The maximum absolute atomic E-state index is 12.9. The van der Waals surface area contributed by atoms with Gasteiger partial charge in [0.15, 0.2) is 23.2 Å². The molecule has 29 heavy (non-hydrogen) atoms. The van der Waals surface area contributed by atoms with Gasteiger partial charge in [-0.1, -0.05) is 12.1 Å². The lowest BCUT2D eigenvalue weighted by molar-refractivity contribution is -0.137. The molecule has 3 N–H and O–H groups in total. The highest BCUT2D eigenvalue weighted by molar-refractivity contribution is 5.82. The number of aromatic nitrogens is 4. The Morgan fingerprint density at radius 1 is 1.24 bits per heavy atom. The van der Waals surface area contributed by atoms with Gasteiger partial charge < -0.3 is 20.3 Å². The fourth-order valence-corrected chi connectivity index (χ4v) is 3.31. The molecule has 0 saturated carbocycles. The molecule has 1 saturated heterocycles. The summed E-state index contributed by atoms with van der Waals surface area (Å²) in [5, 5.41) is 22.4. The molecule has 0 aliphatic carbocycles. The molecule has 1 aliphatic heterocycles. The van der Waals surface area contributed by atoms with E-state index in [0.29, 0.717) is 22.5 Å². The van der Waals surface area contributed by atoms with Gasteiger partial charge in [-0.3, -0.25) is 4.57 Å². The van der Waals surface area contributed by atoms with Crippen LogP contribution in [-0.2, 0) is 17.5 Å². The van der Waals surface area contributed by atoms with Crippen molar-refractivity contribution in [2.75, 3.05) is 11.9 Å². The van der Waals surface area contributed by atoms with Crippen LogP contribution in [0.1, 0.15) is 23.8 Å². The minimum atomic E-state index is -4.41. The smallest absolute Gasteiger partial charge is 0.394 e. The summed E-state index contributed by atoms with van der Waals surface area (Å²) in [5.41, 5.74) is 0.503. The Bertz CT molecular complexity index is 1010. The van der Waals surface area contributed by atoms with Gasteiger partial charge in [-0.2, -0.15) is 13.2 Å². The Morgan fingerprint density at radius 3 is 2.79 bits per heavy atom. The molecule has 0 amide bonds. The van der Waals surface area contributed by atoms with Gasteiger partial charge in [0.05, 0.1) is 24.6 Å². The maximum atomic E-state index is 12.9. The fourth-order valence-electron chi connectivity index (χ4n) is 3.31. The van der Waals surface area contributed by atoms with Crippen LogP contribution in [0.25, 0.3) is 11.2 Å². The number of hydrogen-bond acceptors (Lipinski definition) is 7. The fraction of sp³-hybridized carbons (Fsp3) is 0.389. The van der Waals surface area contributed by atoms with E-state index in [4.69, 9.17) is 4.74 Å². The van der Waals surface area contributed by atoms with Crippen molar-refractivity contribution in [1.82, 2.24) is 19.5 Å². The number of fused-ring (bicyclic) bond motifs is 1. The van der Waals surface area contributed by atoms with Gasteiger partial charge in [0, 0.05) is 13.0 Å². The lowest BCUT2D eigenvalue weighted by atomic mass is 10.1. The number of alkyl halides is 3. The molecule has 154 valence electrons. The average molecular weight is 409 g/mol. The number of hydrogen-bond donors (Lipinski definition) is 3. The van der Waals surface area contributed by atoms with E-state index in [0.717, 1.165) is 12.1 Å². The number of nitrogens with one attached hydrogen (secondary N) is 1. The van der Waals surface area contributed by atoms with Crippen LogP contribution in [0, 0.1) is 0 Å². The standard InChI is InChI=1S/C18H18F3N5O3/c19-18(20,21)11-3-1-2-10(4-11)6-22-15-14-16(24-8-23-15)26(9-25-14)17-13(28)5-12(7-27)29-17/h1-4,8-9,12-13,17,27-28H,5-7H2,(H,22,23,24)/t12-,13-,17+/m0/s1. The number of rotatable bonds is 5. The number of aliphatic hydroxyl groups is 2. The molecule has 4 rings (SSSR count). The molecule has 0 unspecified atom stereocenters. The highest BCUT2D eigenvalue weighted by atomic mass is 19.4. The van der Waals surface area contributed by atoms with Crippen LogP contribution in [0.15, 0.2) is 36.9 Å². The minimum absolute atomic E-state index is 0.109. The van der Waals surface area contributed by atoms with Gasteiger partial charge in [-0.25, -0.2) is 15.0 Å². The SMILES string of the molecule is OC[C@@H]1C[C@H](O)[C@H](n2cnc3c(NCc4cccc(C(F)(F)F)c4)ncnc32)O1. The second-order valence-electron chi connectivity index (χ2n) is 6.73. The Balaban J connectivity index is 1.56. The molecule has 3 heterocycles. The van der Waals surface area contributed by atoms with Crippen LogP contribution in [-0.4, -0.2) is 48.5 Å². The number of benzene rings is 1. The molecule has 1 fully saturated rings. The van der Waals surface area contributed by atoms with Gasteiger partial charge in [0.1, 0.15) is 12.4 Å².